The minimum atomic E-state index is -0.0638. The van der Waals surface area contributed by atoms with Crippen molar-refractivity contribution < 1.29 is 9.26 Å². The van der Waals surface area contributed by atoms with Crippen LogP contribution in [0.15, 0.2) is 34.9 Å². The predicted molar refractivity (Wildman–Crippen MR) is 90.7 cm³/mol. The van der Waals surface area contributed by atoms with E-state index in [0.29, 0.717) is 13.2 Å². The zero-order valence-corrected chi connectivity index (χ0v) is 14.6. The van der Waals surface area contributed by atoms with E-state index in [4.69, 9.17) is 20.9 Å². The Morgan fingerprint density at radius 2 is 1.91 bits per heavy atom. The molecule has 1 aromatic carbocycles. The van der Waals surface area contributed by atoms with E-state index in [1.807, 2.05) is 24.3 Å². The monoisotopic (exact) mass is 334 g/mol. The number of nitrogens with one attached hydrogen (secondary N) is 1. The molecule has 0 aliphatic carbocycles. The molecule has 0 bridgehead atoms. The summed E-state index contributed by atoms with van der Waals surface area (Å²) in [6.07, 6.45) is 0.806. The van der Waals surface area contributed by atoms with E-state index >= 15 is 0 Å². The Kier molecular flexibility index (Phi) is 4.50. The molecule has 1 N–H and O–H groups in total. The molecule has 1 fully saturated rings. The largest absolute Gasteiger partial charge is 0.377 e. The Bertz CT molecular complexity index is 654. The van der Waals surface area contributed by atoms with E-state index in [0.717, 1.165) is 29.4 Å². The smallest absolute Gasteiger partial charge is 0.142 e. The number of halogens is 1. The summed E-state index contributed by atoms with van der Waals surface area (Å²) in [4.78, 5) is 0. The van der Waals surface area contributed by atoms with Gasteiger partial charge in [-0.25, -0.2) is 0 Å². The molecule has 2 heterocycles. The molecule has 1 saturated heterocycles. The van der Waals surface area contributed by atoms with Gasteiger partial charge < -0.3 is 14.6 Å². The Morgan fingerprint density at radius 1 is 1.22 bits per heavy atom. The van der Waals surface area contributed by atoms with Crippen LogP contribution in [-0.2, 0) is 23.1 Å². The lowest BCUT2D eigenvalue weighted by Crippen LogP contribution is -2.61. The molecule has 2 aromatic rings. The van der Waals surface area contributed by atoms with E-state index in [9.17, 15) is 0 Å². The van der Waals surface area contributed by atoms with Gasteiger partial charge in [-0.15, -0.1) is 0 Å². The van der Waals surface area contributed by atoms with Gasteiger partial charge in [0, 0.05) is 29.5 Å². The lowest BCUT2D eigenvalue weighted by atomic mass is 9.89. The van der Waals surface area contributed by atoms with Gasteiger partial charge in [-0.1, -0.05) is 49.7 Å². The Balaban J connectivity index is 1.64. The van der Waals surface area contributed by atoms with Crippen molar-refractivity contribution in [2.24, 2.45) is 0 Å². The predicted octanol–water partition coefficient (Wildman–Crippen LogP) is 3.73. The molecule has 0 saturated carbocycles. The molecule has 0 amide bonds. The van der Waals surface area contributed by atoms with Gasteiger partial charge in [0.05, 0.1) is 24.4 Å². The molecule has 1 aromatic heterocycles. The molecule has 5 heteroatoms. The van der Waals surface area contributed by atoms with E-state index in [-0.39, 0.29) is 11.0 Å². The number of aromatic nitrogens is 1. The third kappa shape index (κ3) is 3.94. The number of rotatable bonds is 5. The Labute approximate surface area is 142 Å². The van der Waals surface area contributed by atoms with Crippen LogP contribution in [0.5, 0.6) is 0 Å². The average molecular weight is 335 g/mol. The molecular formula is C18H23ClN2O2. The van der Waals surface area contributed by atoms with Crippen LogP contribution in [0.3, 0.4) is 0 Å². The summed E-state index contributed by atoms with van der Waals surface area (Å²) in [5.74, 6) is 0.917. The molecule has 23 heavy (non-hydrogen) atoms. The van der Waals surface area contributed by atoms with Crippen LogP contribution in [0.1, 0.15) is 37.8 Å². The lowest BCUT2D eigenvalue weighted by Gasteiger charge is -2.42. The fourth-order valence-corrected chi connectivity index (χ4v) is 2.73. The van der Waals surface area contributed by atoms with Gasteiger partial charge in [-0.05, 0) is 17.7 Å². The van der Waals surface area contributed by atoms with Gasteiger partial charge in [-0.2, -0.15) is 0 Å². The van der Waals surface area contributed by atoms with Gasteiger partial charge in [-0.3, -0.25) is 0 Å². The van der Waals surface area contributed by atoms with Crippen molar-refractivity contribution in [3.05, 3.63) is 52.4 Å². The summed E-state index contributed by atoms with van der Waals surface area (Å²) in [5.41, 5.74) is 2.09. The molecule has 0 spiro atoms. The van der Waals surface area contributed by atoms with Crippen LogP contribution < -0.4 is 5.32 Å². The van der Waals surface area contributed by atoms with Crippen molar-refractivity contribution in [2.75, 3.05) is 13.2 Å². The van der Waals surface area contributed by atoms with Gasteiger partial charge >= 0.3 is 0 Å². The zero-order chi connectivity index (χ0) is 16.5. The highest BCUT2D eigenvalue weighted by Gasteiger charge is 2.39. The summed E-state index contributed by atoms with van der Waals surface area (Å²) >= 11 is 5.93. The van der Waals surface area contributed by atoms with Crippen LogP contribution in [0.25, 0.3) is 0 Å². The fraction of sp³-hybridized carbons (Fsp3) is 0.500. The summed E-state index contributed by atoms with van der Waals surface area (Å²) in [5, 5.41) is 8.60. The molecule has 124 valence electrons. The van der Waals surface area contributed by atoms with E-state index in [2.05, 4.69) is 37.3 Å². The maximum Gasteiger partial charge on any atom is 0.142 e. The standard InChI is InChI=1S/C18H23ClN2O2/c1-17(2,3)16-8-15(21-23-16)9-18(11-22-12-18)20-10-13-4-6-14(19)7-5-13/h4-8,20H,9-12H2,1-3H3. The zero-order valence-electron chi connectivity index (χ0n) is 13.9. The number of nitrogens with zero attached hydrogens (tertiary/aromatic N) is 1. The topological polar surface area (TPSA) is 47.3 Å². The molecule has 0 atom stereocenters. The van der Waals surface area contributed by atoms with Crippen LogP contribution in [0.4, 0.5) is 0 Å². The van der Waals surface area contributed by atoms with Crippen LogP contribution >= 0.6 is 11.6 Å². The second kappa shape index (κ2) is 6.27. The maximum absolute atomic E-state index is 5.93. The van der Waals surface area contributed by atoms with Crippen molar-refractivity contribution in [3.63, 3.8) is 0 Å². The molecular weight excluding hydrogens is 312 g/mol. The van der Waals surface area contributed by atoms with Crippen LogP contribution in [-0.4, -0.2) is 23.9 Å². The average Bonchev–Trinajstić information content (AvgIpc) is 2.92. The first-order valence-corrected chi connectivity index (χ1v) is 8.27. The quantitative estimate of drug-likeness (QED) is 0.905. The molecule has 1 aliphatic heterocycles. The third-order valence-electron chi connectivity index (χ3n) is 4.16. The van der Waals surface area contributed by atoms with E-state index in [1.165, 1.54) is 5.56 Å². The summed E-state index contributed by atoms with van der Waals surface area (Å²) in [6.45, 7) is 8.54. The third-order valence-corrected chi connectivity index (χ3v) is 4.41. The first kappa shape index (κ1) is 16.5. The summed E-state index contributed by atoms with van der Waals surface area (Å²) < 4.78 is 10.9. The highest BCUT2D eigenvalue weighted by atomic mass is 35.5. The van der Waals surface area contributed by atoms with Crippen molar-refractivity contribution in [3.8, 4) is 0 Å². The SMILES string of the molecule is CC(C)(C)c1cc(CC2(NCc3ccc(Cl)cc3)COC2)no1. The summed E-state index contributed by atoms with van der Waals surface area (Å²) in [7, 11) is 0. The van der Waals surface area contributed by atoms with Gasteiger partial charge in [0.25, 0.3) is 0 Å². The highest BCUT2D eigenvalue weighted by Crippen LogP contribution is 2.27. The fourth-order valence-electron chi connectivity index (χ4n) is 2.60. The molecule has 0 unspecified atom stereocenters. The van der Waals surface area contributed by atoms with Crippen molar-refractivity contribution >= 4 is 11.6 Å². The lowest BCUT2D eigenvalue weighted by molar-refractivity contribution is -0.0755. The van der Waals surface area contributed by atoms with Crippen molar-refractivity contribution in [2.45, 2.75) is 44.7 Å². The van der Waals surface area contributed by atoms with Crippen molar-refractivity contribution in [1.29, 1.82) is 0 Å². The second-order valence-corrected chi connectivity index (χ2v) is 7.80. The molecule has 4 nitrogen and oxygen atoms in total. The Morgan fingerprint density at radius 3 is 2.43 bits per heavy atom. The van der Waals surface area contributed by atoms with Crippen LogP contribution in [0.2, 0.25) is 5.02 Å². The van der Waals surface area contributed by atoms with Crippen LogP contribution in [0, 0.1) is 0 Å². The van der Waals surface area contributed by atoms with E-state index < -0.39 is 0 Å². The van der Waals surface area contributed by atoms with Gasteiger partial charge in [0.2, 0.25) is 0 Å². The minimum Gasteiger partial charge on any atom is -0.377 e. The maximum atomic E-state index is 5.93. The second-order valence-electron chi connectivity index (χ2n) is 7.36. The van der Waals surface area contributed by atoms with Gasteiger partial charge in [0.15, 0.2) is 0 Å². The van der Waals surface area contributed by atoms with Gasteiger partial charge in [0.1, 0.15) is 5.76 Å². The number of ether oxygens (including phenoxy) is 1. The first-order chi connectivity index (χ1) is 10.9. The first-order valence-electron chi connectivity index (χ1n) is 7.90. The minimum absolute atomic E-state index is 0.0226. The number of hydrogen-bond donors (Lipinski definition) is 1. The van der Waals surface area contributed by atoms with Crippen molar-refractivity contribution in [1.82, 2.24) is 10.5 Å². The molecule has 0 radical (unpaired) electrons. The Hall–Kier alpha value is -1.36. The number of hydrogen-bond acceptors (Lipinski definition) is 4. The highest BCUT2D eigenvalue weighted by molar-refractivity contribution is 6.30. The molecule has 1 aliphatic rings. The van der Waals surface area contributed by atoms with E-state index in [1.54, 1.807) is 0 Å². The molecule has 3 rings (SSSR count). The summed E-state index contributed by atoms with van der Waals surface area (Å²) in [6, 6.07) is 9.96. The number of benzene rings is 1. The normalized spacial score (nSPS) is 17.0.